The van der Waals surface area contributed by atoms with Gasteiger partial charge in [0.25, 0.3) is 0 Å². The Bertz CT molecular complexity index is 890. The van der Waals surface area contributed by atoms with Gasteiger partial charge in [-0.15, -0.1) is 0 Å². The number of H-pyrrole nitrogens is 1. The highest BCUT2D eigenvalue weighted by atomic mass is 16.4. The molecule has 188 valence electrons. The summed E-state index contributed by atoms with van der Waals surface area (Å²) in [5.41, 5.74) is 11.3. The van der Waals surface area contributed by atoms with Gasteiger partial charge in [-0.05, 0) is 26.2 Å². The number of aliphatic hydroxyl groups is 1. The van der Waals surface area contributed by atoms with Gasteiger partial charge in [0.2, 0.25) is 23.6 Å². The number of carboxylic acid groups (broad SMARTS) is 1. The molecule has 1 aromatic rings. The predicted octanol–water partition coefficient (Wildman–Crippen LogP) is -3.03. The standard InChI is InChI=1S/C20H31N7O7/c1-10(28)16(22)18(31)26-13(7-11-8-23-9-24-11)19(32)27-6-2-3-14(27)17(30)25-12(20(33)34)4-5-15(21)29/h8-10,12-14,16,28H,2-7,22H2,1H3,(H2,21,29)(H,23,24)(H,25,30)(H,26,31)(H,33,34). The van der Waals surface area contributed by atoms with Crippen molar-refractivity contribution in [1.29, 1.82) is 0 Å². The van der Waals surface area contributed by atoms with Crippen LogP contribution in [0.2, 0.25) is 0 Å². The van der Waals surface area contributed by atoms with Crippen molar-refractivity contribution in [3.63, 3.8) is 0 Å². The van der Waals surface area contributed by atoms with Crippen LogP contribution in [0.3, 0.4) is 0 Å². The Morgan fingerprint density at radius 2 is 1.97 bits per heavy atom. The number of nitrogens with two attached hydrogens (primary N) is 2. The first-order chi connectivity index (χ1) is 16.0. The van der Waals surface area contributed by atoms with Gasteiger partial charge in [0, 0.05) is 31.3 Å². The van der Waals surface area contributed by atoms with Crippen LogP contribution >= 0.6 is 0 Å². The maximum atomic E-state index is 13.4. The van der Waals surface area contributed by atoms with E-state index < -0.39 is 59.9 Å². The number of aromatic nitrogens is 2. The van der Waals surface area contributed by atoms with Gasteiger partial charge in [0.1, 0.15) is 24.2 Å². The Morgan fingerprint density at radius 1 is 1.26 bits per heavy atom. The molecule has 1 aliphatic heterocycles. The van der Waals surface area contributed by atoms with Crippen LogP contribution in [0.15, 0.2) is 12.5 Å². The van der Waals surface area contributed by atoms with E-state index in [-0.39, 0.29) is 32.2 Å². The van der Waals surface area contributed by atoms with Crippen molar-refractivity contribution in [2.75, 3.05) is 6.54 Å². The normalized spacial score (nSPS) is 19.0. The van der Waals surface area contributed by atoms with Gasteiger partial charge in [0.15, 0.2) is 0 Å². The number of hydrogen-bond acceptors (Lipinski definition) is 8. The average molecular weight is 482 g/mol. The Morgan fingerprint density at radius 3 is 2.53 bits per heavy atom. The first kappa shape index (κ1) is 26.7. The maximum absolute atomic E-state index is 13.4. The lowest BCUT2D eigenvalue weighted by Crippen LogP contribution is -2.58. The quantitative estimate of drug-likeness (QED) is 0.161. The number of hydrogen-bond donors (Lipinski definition) is 7. The molecule has 4 amide bonds. The highest BCUT2D eigenvalue weighted by Crippen LogP contribution is 2.20. The summed E-state index contributed by atoms with van der Waals surface area (Å²) in [7, 11) is 0. The number of carboxylic acids is 1. The first-order valence-electron chi connectivity index (χ1n) is 10.8. The minimum Gasteiger partial charge on any atom is -0.480 e. The van der Waals surface area contributed by atoms with Crippen LogP contribution in [0.4, 0.5) is 0 Å². The number of imidazole rings is 1. The molecule has 0 saturated carbocycles. The number of aliphatic hydroxyl groups excluding tert-OH is 1. The average Bonchev–Trinajstić information content (AvgIpc) is 3.46. The summed E-state index contributed by atoms with van der Waals surface area (Å²) < 4.78 is 0. The molecule has 0 bridgehead atoms. The first-order valence-corrected chi connectivity index (χ1v) is 10.8. The molecule has 2 heterocycles. The number of amides is 4. The number of likely N-dealkylation sites (tertiary alicyclic amines) is 1. The van der Waals surface area contributed by atoms with Crippen molar-refractivity contribution >= 4 is 29.6 Å². The maximum Gasteiger partial charge on any atom is 0.326 e. The summed E-state index contributed by atoms with van der Waals surface area (Å²) in [6.45, 7) is 1.56. The molecule has 0 aromatic carbocycles. The molecule has 1 fully saturated rings. The number of nitrogens with zero attached hydrogens (tertiary/aromatic N) is 2. The molecule has 14 nitrogen and oxygen atoms in total. The number of nitrogens with one attached hydrogen (secondary N) is 3. The number of carbonyl (C=O) groups excluding carboxylic acids is 4. The topological polar surface area (TPSA) is 234 Å². The molecular formula is C20H31N7O7. The monoisotopic (exact) mass is 481 g/mol. The summed E-state index contributed by atoms with van der Waals surface area (Å²) >= 11 is 0. The third-order valence-electron chi connectivity index (χ3n) is 5.55. The number of aliphatic carboxylic acids is 1. The molecule has 0 spiro atoms. The zero-order chi connectivity index (χ0) is 25.4. The molecule has 1 aliphatic rings. The Balaban J connectivity index is 2.16. The second kappa shape index (κ2) is 12.1. The second-order valence-electron chi connectivity index (χ2n) is 8.20. The van der Waals surface area contributed by atoms with E-state index in [1.807, 2.05) is 0 Å². The highest BCUT2D eigenvalue weighted by molar-refractivity contribution is 5.94. The van der Waals surface area contributed by atoms with Gasteiger partial charge in [-0.3, -0.25) is 19.2 Å². The molecule has 9 N–H and O–H groups in total. The van der Waals surface area contributed by atoms with Crippen molar-refractivity contribution < 1.29 is 34.2 Å². The molecule has 5 atom stereocenters. The van der Waals surface area contributed by atoms with Crippen LogP contribution in [0.25, 0.3) is 0 Å². The third-order valence-corrected chi connectivity index (χ3v) is 5.55. The van der Waals surface area contributed by atoms with E-state index in [2.05, 4.69) is 20.6 Å². The van der Waals surface area contributed by atoms with E-state index >= 15 is 0 Å². The van der Waals surface area contributed by atoms with Gasteiger partial charge < -0.3 is 42.2 Å². The fourth-order valence-corrected chi connectivity index (χ4v) is 3.62. The van der Waals surface area contributed by atoms with E-state index in [9.17, 15) is 34.2 Å². The third kappa shape index (κ3) is 7.25. The zero-order valence-electron chi connectivity index (χ0n) is 18.8. The lowest BCUT2D eigenvalue weighted by Gasteiger charge is -2.30. The van der Waals surface area contributed by atoms with Crippen molar-refractivity contribution in [2.24, 2.45) is 11.5 Å². The van der Waals surface area contributed by atoms with Gasteiger partial charge in [-0.1, -0.05) is 0 Å². The number of carbonyl (C=O) groups is 5. The predicted molar refractivity (Wildman–Crippen MR) is 117 cm³/mol. The SMILES string of the molecule is CC(O)C(N)C(=O)NC(Cc1cnc[nH]1)C(=O)N1CCCC1C(=O)NC(CCC(N)=O)C(=O)O. The summed E-state index contributed by atoms with van der Waals surface area (Å²) in [5, 5.41) is 23.8. The highest BCUT2D eigenvalue weighted by Gasteiger charge is 2.39. The van der Waals surface area contributed by atoms with Crippen LogP contribution in [0, 0.1) is 0 Å². The molecule has 1 aromatic heterocycles. The zero-order valence-corrected chi connectivity index (χ0v) is 18.8. The van der Waals surface area contributed by atoms with E-state index in [0.717, 1.165) is 0 Å². The summed E-state index contributed by atoms with van der Waals surface area (Å²) in [6.07, 6.45) is 2.12. The molecule has 0 aliphatic carbocycles. The summed E-state index contributed by atoms with van der Waals surface area (Å²) in [5.74, 6) is -4.03. The Kier molecular flexibility index (Phi) is 9.50. The molecule has 0 radical (unpaired) electrons. The van der Waals surface area contributed by atoms with Gasteiger partial charge >= 0.3 is 5.97 Å². The molecule has 1 saturated heterocycles. The van der Waals surface area contributed by atoms with Crippen LogP contribution in [-0.4, -0.2) is 91.5 Å². The van der Waals surface area contributed by atoms with E-state index in [1.165, 1.54) is 24.3 Å². The molecule has 2 rings (SSSR count). The Labute approximate surface area is 195 Å². The van der Waals surface area contributed by atoms with Crippen LogP contribution in [0.5, 0.6) is 0 Å². The number of aromatic amines is 1. The Hall–Kier alpha value is -3.52. The van der Waals surface area contributed by atoms with Crippen LogP contribution in [-0.2, 0) is 30.4 Å². The summed E-state index contributed by atoms with van der Waals surface area (Å²) in [4.78, 5) is 69.1. The van der Waals surface area contributed by atoms with Gasteiger partial charge in [0.05, 0.1) is 12.4 Å². The van der Waals surface area contributed by atoms with Crippen molar-refractivity contribution in [3.05, 3.63) is 18.2 Å². The molecular weight excluding hydrogens is 450 g/mol. The fourth-order valence-electron chi connectivity index (χ4n) is 3.62. The fraction of sp³-hybridized carbons (Fsp3) is 0.600. The largest absolute Gasteiger partial charge is 0.480 e. The van der Waals surface area contributed by atoms with Crippen molar-refractivity contribution in [3.8, 4) is 0 Å². The van der Waals surface area contributed by atoms with Crippen LogP contribution in [0.1, 0.15) is 38.3 Å². The summed E-state index contributed by atoms with van der Waals surface area (Å²) in [6, 6.07) is -4.69. The van der Waals surface area contributed by atoms with E-state index in [0.29, 0.717) is 12.1 Å². The lowest BCUT2D eigenvalue weighted by atomic mass is 10.1. The smallest absolute Gasteiger partial charge is 0.326 e. The minimum absolute atomic E-state index is 0.0261. The molecule has 5 unspecified atom stereocenters. The minimum atomic E-state index is -1.35. The van der Waals surface area contributed by atoms with Gasteiger partial charge in [-0.25, -0.2) is 9.78 Å². The van der Waals surface area contributed by atoms with Gasteiger partial charge in [-0.2, -0.15) is 0 Å². The van der Waals surface area contributed by atoms with E-state index in [4.69, 9.17) is 11.5 Å². The molecule has 14 heteroatoms. The number of rotatable bonds is 12. The second-order valence-corrected chi connectivity index (χ2v) is 8.20. The molecule has 34 heavy (non-hydrogen) atoms. The van der Waals surface area contributed by atoms with Crippen molar-refractivity contribution in [1.82, 2.24) is 25.5 Å². The van der Waals surface area contributed by atoms with Crippen LogP contribution < -0.4 is 22.1 Å². The van der Waals surface area contributed by atoms with E-state index in [1.54, 1.807) is 0 Å². The number of primary amides is 1. The van der Waals surface area contributed by atoms with Crippen molar-refractivity contribution in [2.45, 2.75) is 69.3 Å². The lowest BCUT2D eigenvalue weighted by molar-refractivity contribution is -0.145.